The van der Waals surface area contributed by atoms with Crippen LogP contribution in [0.25, 0.3) is 0 Å². The zero-order valence-electron chi connectivity index (χ0n) is 11.9. The fraction of sp³-hybridized carbons (Fsp3) is 0.692. The summed E-state index contributed by atoms with van der Waals surface area (Å²) in [6.45, 7) is 5.55. The number of hydrogen-bond acceptors (Lipinski definition) is 7. The number of likely N-dealkylation sites (tertiary alicyclic amines) is 1. The van der Waals surface area contributed by atoms with Crippen molar-refractivity contribution in [2.75, 3.05) is 6.54 Å². The van der Waals surface area contributed by atoms with Crippen LogP contribution in [0.1, 0.15) is 55.7 Å². The molecule has 0 saturated carbocycles. The molecule has 3 heterocycles. The lowest BCUT2D eigenvalue weighted by Crippen LogP contribution is -2.23. The van der Waals surface area contributed by atoms with Crippen LogP contribution in [0.3, 0.4) is 0 Å². The van der Waals surface area contributed by atoms with Crippen LogP contribution in [0.4, 0.5) is 0 Å². The minimum atomic E-state index is 0.189. The van der Waals surface area contributed by atoms with E-state index >= 15 is 0 Å². The molecular formula is C13H19N5O2. The second-order valence-corrected chi connectivity index (χ2v) is 5.15. The Kier molecular flexibility index (Phi) is 3.77. The lowest BCUT2D eigenvalue weighted by Gasteiger charge is -2.19. The van der Waals surface area contributed by atoms with E-state index < -0.39 is 0 Å². The molecule has 0 unspecified atom stereocenters. The molecule has 2 aromatic heterocycles. The predicted octanol–water partition coefficient (Wildman–Crippen LogP) is 2.05. The van der Waals surface area contributed by atoms with Gasteiger partial charge in [-0.05, 0) is 25.8 Å². The van der Waals surface area contributed by atoms with Crippen LogP contribution in [0.15, 0.2) is 9.05 Å². The minimum absolute atomic E-state index is 0.189. The SMILES string of the molecule is CCCc1noc(CN2CCC[C@@H]2c2noc(C)n2)n1. The number of hydrogen-bond donors (Lipinski definition) is 0. The van der Waals surface area contributed by atoms with Crippen LogP contribution in [0.5, 0.6) is 0 Å². The zero-order valence-corrected chi connectivity index (χ0v) is 11.9. The van der Waals surface area contributed by atoms with Crippen molar-refractivity contribution < 1.29 is 9.05 Å². The van der Waals surface area contributed by atoms with Crippen LogP contribution >= 0.6 is 0 Å². The van der Waals surface area contributed by atoms with Crippen molar-refractivity contribution in [2.45, 2.75) is 52.1 Å². The highest BCUT2D eigenvalue weighted by Gasteiger charge is 2.30. The molecule has 0 aliphatic carbocycles. The fourth-order valence-corrected chi connectivity index (χ4v) is 2.61. The number of aryl methyl sites for hydroxylation is 2. The van der Waals surface area contributed by atoms with Gasteiger partial charge in [-0.15, -0.1) is 0 Å². The Labute approximate surface area is 117 Å². The van der Waals surface area contributed by atoms with E-state index in [0.717, 1.165) is 43.9 Å². The maximum Gasteiger partial charge on any atom is 0.240 e. The van der Waals surface area contributed by atoms with E-state index in [2.05, 4.69) is 32.1 Å². The predicted molar refractivity (Wildman–Crippen MR) is 69.7 cm³/mol. The third kappa shape index (κ3) is 2.72. The molecule has 1 saturated heterocycles. The summed E-state index contributed by atoms with van der Waals surface area (Å²) in [5.41, 5.74) is 0. The second-order valence-electron chi connectivity index (χ2n) is 5.15. The first-order valence-corrected chi connectivity index (χ1v) is 7.12. The normalized spacial score (nSPS) is 19.8. The minimum Gasteiger partial charge on any atom is -0.340 e. The van der Waals surface area contributed by atoms with Gasteiger partial charge in [-0.2, -0.15) is 9.97 Å². The molecule has 0 amide bonds. The van der Waals surface area contributed by atoms with Gasteiger partial charge in [-0.3, -0.25) is 4.90 Å². The summed E-state index contributed by atoms with van der Waals surface area (Å²) in [5.74, 6) is 2.82. The van der Waals surface area contributed by atoms with Crippen LogP contribution in [0.2, 0.25) is 0 Å². The Morgan fingerprint density at radius 1 is 1.25 bits per heavy atom. The summed E-state index contributed by atoms with van der Waals surface area (Å²) >= 11 is 0. The molecule has 7 nitrogen and oxygen atoms in total. The smallest absolute Gasteiger partial charge is 0.240 e. The number of aromatic nitrogens is 4. The third-order valence-corrected chi connectivity index (χ3v) is 3.53. The summed E-state index contributed by atoms with van der Waals surface area (Å²) in [5, 5.41) is 8.02. The fourth-order valence-electron chi connectivity index (χ4n) is 2.61. The quantitative estimate of drug-likeness (QED) is 0.827. The van der Waals surface area contributed by atoms with Crippen LogP contribution in [0, 0.1) is 6.92 Å². The van der Waals surface area contributed by atoms with E-state index in [1.165, 1.54) is 0 Å². The maximum atomic E-state index is 5.30. The standard InChI is InChI=1S/C13H19N5O2/c1-3-5-11-15-12(20-16-11)8-18-7-4-6-10(18)13-14-9(2)19-17-13/h10H,3-8H2,1-2H3/t10-/m1/s1. The Hall–Kier alpha value is -1.76. The molecule has 3 rings (SSSR count). The van der Waals surface area contributed by atoms with Crippen LogP contribution in [-0.4, -0.2) is 31.7 Å². The molecule has 1 aliphatic heterocycles. The van der Waals surface area contributed by atoms with Gasteiger partial charge in [0.2, 0.25) is 11.8 Å². The molecule has 0 radical (unpaired) electrons. The number of rotatable bonds is 5. The highest BCUT2D eigenvalue weighted by Crippen LogP contribution is 2.31. The molecule has 108 valence electrons. The highest BCUT2D eigenvalue weighted by atomic mass is 16.5. The first-order chi connectivity index (χ1) is 9.76. The molecule has 1 atom stereocenters. The Morgan fingerprint density at radius 2 is 2.15 bits per heavy atom. The van der Waals surface area contributed by atoms with Crippen LogP contribution < -0.4 is 0 Å². The van der Waals surface area contributed by atoms with E-state index in [1.807, 2.05) is 6.92 Å². The Morgan fingerprint density at radius 3 is 2.90 bits per heavy atom. The summed E-state index contributed by atoms with van der Waals surface area (Å²) in [4.78, 5) is 11.0. The third-order valence-electron chi connectivity index (χ3n) is 3.53. The van der Waals surface area contributed by atoms with E-state index in [9.17, 15) is 0 Å². The molecule has 1 fully saturated rings. The average Bonchev–Trinajstić information content (AvgIpc) is 3.12. The van der Waals surface area contributed by atoms with Crippen molar-refractivity contribution in [3.63, 3.8) is 0 Å². The van der Waals surface area contributed by atoms with Gasteiger partial charge in [0.25, 0.3) is 0 Å². The number of nitrogens with zero attached hydrogens (tertiary/aromatic N) is 5. The first kappa shape index (κ1) is 13.2. The topological polar surface area (TPSA) is 81.1 Å². The molecule has 0 spiro atoms. The van der Waals surface area contributed by atoms with Gasteiger partial charge in [-0.25, -0.2) is 0 Å². The average molecular weight is 277 g/mol. The van der Waals surface area contributed by atoms with Gasteiger partial charge >= 0.3 is 0 Å². The first-order valence-electron chi connectivity index (χ1n) is 7.12. The lowest BCUT2D eigenvalue weighted by molar-refractivity contribution is 0.202. The summed E-state index contributed by atoms with van der Waals surface area (Å²) in [6, 6.07) is 0.189. The molecule has 0 N–H and O–H groups in total. The summed E-state index contributed by atoms with van der Waals surface area (Å²) in [6.07, 6.45) is 4.04. The van der Waals surface area contributed by atoms with Gasteiger partial charge in [-0.1, -0.05) is 17.2 Å². The molecule has 2 aromatic rings. The summed E-state index contributed by atoms with van der Waals surface area (Å²) in [7, 11) is 0. The van der Waals surface area contributed by atoms with Crippen molar-refractivity contribution in [1.29, 1.82) is 0 Å². The van der Waals surface area contributed by atoms with Crippen LogP contribution in [-0.2, 0) is 13.0 Å². The van der Waals surface area contributed by atoms with Crippen molar-refractivity contribution in [3.8, 4) is 0 Å². The van der Waals surface area contributed by atoms with Crippen molar-refractivity contribution in [1.82, 2.24) is 25.2 Å². The molecule has 0 aromatic carbocycles. The van der Waals surface area contributed by atoms with Gasteiger partial charge in [0.15, 0.2) is 11.6 Å². The van der Waals surface area contributed by atoms with Crippen molar-refractivity contribution in [3.05, 3.63) is 23.4 Å². The van der Waals surface area contributed by atoms with E-state index in [1.54, 1.807) is 0 Å². The van der Waals surface area contributed by atoms with Gasteiger partial charge in [0.1, 0.15) is 0 Å². The summed E-state index contributed by atoms with van der Waals surface area (Å²) < 4.78 is 10.4. The second kappa shape index (κ2) is 5.70. The van der Waals surface area contributed by atoms with Crippen molar-refractivity contribution >= 4 is 0 Å². The molecule has 0 bridgehead atoms. The molecule has 20 heavy (non-hydrogen) atoms. The Bertz CT molecular complexity index is 565. The van der Waals surface area contributed by atoms with E-state index in [-0.39, 0.29) is 6.04 Å². The van der Waals surface area contributed by atoms with Gasteiger partial charge in [0.05, 0.1) is 12.6 Å². The Balaban J connectivity index is 1.69. The lowest BCUT2D eigenvalue weighted by atomic mass is 10.2. The van der Waals surface area contributed by atoms with Crippen molar-refractivity contribution in [2.24, 2.45) is 0 Å². The maximum absolute atomic E-state index is 5.30. The zero-order chi connectivity index (χ0) is 13.9. The largest absolute Gasteiger partial charge is 0.340 e. The molecule has 1 aliphatic rings. The monoisotopic (exact) mass is 277 g/mol. The molecular weight excluding hydrogens is 258 g/mol. The van der Waals surface area contributed by atoms with E-state index in [0.29, 0.717) is 18.3 Å². The molecule has 7 heteroatoms. The van der Waals surface area contributed by atoms with Gasteiger partial charge in [0, 0.05) is 13.3 Å². The van der Waals surface area contributed by atoms with E-state index in [4.69, 9.17) is 9.05 Å². The van der Waals surface area contributed by atoms with Gasteiger partial charge < -0.3 is 9.05 Å². The highest BCUT2D eigenvalue weighted by molar-refractivity contribution is 4.98.